The molecule has 23 heavy (non-hydrogen) atoms. The minimum atomic E-state index is -1.13. The number of benzene rings is 1. The molecule has 0 saturated heterocycles. The van der Waals surface area contributed by atoms with Gasteiger partial charge >= 0.3 is 0 Å². The zero-order chi connectivity index (χ0) is 16.7. The first-order valence-electron chi connectivity index (χ1n) is 6.45. The number of aryl methyl sites for hydroxylation is 1. The van der Waals surface area contributed by atoms with Gasteiger partial charge in [-0.15, -0.1) is 11.3 Å². The average Bonchev–Trinajstić information content (AvgIpc) is 2.99. The lowest BCUT2D eigenvalue weighted by atomic mass is 10.2. The van der Waals surface area contributed by atoms with Gasteiger partial charge in [-0.25, -0.2) is 8.78 Å². The Labute approximate surface area is 132 Å². The highest BCUT2D eigenvalue weighted by atomic mass is 32.1. The summed E-state index contributed by atoms with van der Waals surface area (Å²) in [4.78, 5) is 24.5. The van der Waals surface area contributed by atoms with Gasteiger partial charge in [-0.3, -0.25) is 9.59 Å². The van der Waals surface area contributed by atoms with E-state index in [0.29, 0.717) is 10.2 Å². The Hall–Kier alpha value is -2.74. The molecule has 0 fully saturated rings. The van der Waals surface area contributed by atoms with Crippen LogP contribution in [0.3, 0.4) is 0 Å². The van der Waals surface area contributed by atoms with Crippen LogP contribution in [-0.2, 0) is 7.05 Å². The number of halogens is 2. The highest BCUT2D eigenvalue weighted by molar-refractivity contribution is 7.17. The molecule has 0 radical (unpaired) electrons. The number of anilines is 1. The molecule has 8 heteroatoms. The Kier molecular flexibility index (Phi) is 3.61. The van der Waals surface area contributed by atoms with Gasteiger partial charge in [0.2, 0.25) is 0 Å². The van der Waals surface area contributed by atoms with E-state index in [1.54, 1.807) is 11.4 Å². The molecule has 0 spiro atoms. The van der Waals surface area contributed by atoms with Crippen LogP contribution < -0.4 is 10.9 Å². The SMILES string of the molecule is Cn1c(=O)c(C(=O)Nc2ccc(F)c(F)c2)c(O)c2sccc21. The predicted molar refractivity (Wildman–Crippen MR) is 83.0 cm³/mol. The number of nitrogens with zero attached hydrogens (tertiary/aromatic N) is 1. The molecule has 3 aromatic rings. The molecular weight excluding hydrogens is 326 g/mol. The summed E-state index contributed by atoms with van der Waals surface area (Å²) in [6.07, 6.45) is 0. The van der Waals surface area contributed by atoms with E-state index in [9.17, 15) is 23.5 Å². The number of hydrogen-bond donors (Lipinski definition) is 2. The van der Waals surface area contributed by atoms with Crippen molar-refractivity contribution in [1.82, 2.24) is 4.57 Å². The largest absolute Gasteiger partial charge is 0.505 e. The van der Waals surface area contributed by atoms with E-state index >= 15 is 0 Å². The summed E-state index contributed by atoms with van der Waals surface area (Å²) >= 11 is 1.18. The van der Waals surface area contributed by atoms with E-state index in [1.807, 2.05) is 0 Å². The molecule has 5 nitrogen and oxygen atoms in total. The molecule has 0 unspecified atom stereocenters. The average molecular weight is 336 g/mol. The first-order chi connectivity index (χ1) is 10.9. The first kappa shape index (κ1) is 15.2. The van der Waals surface area contributed by atoms with E-state index in [2.05, 4.69) is 5.32 Å². The van der Waals surface area contributed by atoms with Crippen LogP contribution in [0.5, 0.6) is 5.75 Å². The van der Waals surface area contributed by atoms with Crippen LogP contribution in [0.4, 0.5) is 14.5 Å². The van der Waals surface area contributed by atoms with Crippen LogP contribution in [0.25, 0.3) is 10.2 Å². The van der Waals surface area contributed by atoms with Gasteiger partial charge in [-0.1, -0.05) is 0 Å². The minimum absolute atomic E-state index is 0.0263. The number of amides is 1. The molecule has 0 aliphatic rings. The van der Waals surface area contributed by atoms with E-state index in [4.69, 9.17) is 0 Å². The van der Waals surface area contributed by atoms with Gasteiger partial charge in [-0.2, -0.15) is 0 Å². The van der Waals surface area contributed by atoms with Crippen LogP contribution in [0, 0.1) is 11.6 Å². The van der Waals surface area contributed by atoms with Crippen molar-refractivity contribution in [2.75, 3.05) is 5.32 Å². The van der Waals surface area contributed by atoms with Crippen LogP contribution in [-0.4, -0.2) is 15.6 Å². The number of carbonyl (C=O) groups excluding carboxylic acids is 1. The lowest BCUT2D eigenvalue weighted by Crippen LogP contribution is -2.27. The fourth-order valence-corrected chi connectivity index (χ4v) is 3.08. The number of thiophene rings is 1. The van der Waals surface area contributed by atoms with E-state index in [0.717, 1.165) is 18.2 Å². The number of aromatic hydroxyl groups is 1. The molecule has 2 heterocycles. The molecular formula is C15H10F2N2O3S. The van der Waals surface area contributed by atoms with Crippen molar-refractivity contribution >= 4 is 33.1 Å². The van der Waals surface area contributed by atoms with E-state index in [1.165, 1.54) is 23.0 Å². The second-order valence-corrected chi connectivity index (χ2v) is 5.72. The maximum Gasteiger partial charge on any atom is 0.267 e. The first-order valence-corrected chi connectivity index (χ1v) is 7.33. The minimum Gasteiger partial charge on any atom is -0.505 e. The molecule has 3 rings (SSSR count). The van der Waals surface area contributed by atoms with Crippen LogP contribution in [0.2, 0.25) is 0 Å². The van der Waals surface area contributed by atoms with Crippen molar-refractivity contribution in [3.63, 3.8) is 0 Å². The Morgan fingerprint density at radius 3 is 2.70 bits per heavy atom. The molecule has 0 aliphatic heterocycles. The highest BCUT2D eigenvalue weighted by Gasteiger charge is 2.22. The smallest absolute Gasteiger partial charge is 0.267 e. The zero-order valence-corrected chi connectivity index (χ0v) is 12.6. The molecule has 0 atom stereocenters. The summed E-state index contributed by atoms with van der Waals surface area (Å²) in [5.41, 5.74) is -0.663. The lowest BCUT2D eigenvalue weighted by Gasteiger charge is -2.10. The topological polar surface area (TPSA) is 71.3 Å². The number of aromatic nitrogens is 1. The second-order valence-electron chi connectivity index (χ2n) is 4.81. The third-order valence-corrected chi connectivity index (χ3v) is 4.29. The number of pyridine rings is 1. The molecule has 1 aromatic carbocycles. The Morgan fingerprint density at radius 2 is 2.00 bits per heavy atom. The normalized spacial score (nSPS) is 10.9. The van der Waals surface area contributed by atoms with Crippen molar-refractivity contribution < 1.29 is 18.7 Å². The standard InChI is InChI=1S/C15H10F2N2O3S/c1-19-10-4-5-23-13(10)12(20)11(15(19)22)14(21)18-7-2-3-8(16)9(17)6-7/h2-6,20H,1H3,(H,18,21). The van der Waals surface area contributed by atoms with Crippen LogP contribution >= 0.6 is 11.3 Å². The van der Waals surface area contributed by atoms with Crippen molar-refractivity contribution in [3.8, 4) is 5.75 Å². The monoisotopic (exact) mass is 336 g/mol. The summed E-state index contributed by atoms with van der Waals surface area (Å²) in [5, 5.41) is 14.2. The van der Waals surface area contributed by atoms with Crippen LogP contribution in [0.1, 0.15) is 10.4 Å². The van der Waals surface area contributed by atoms with Gasteiger partial charge in [0.1, 0.15) is 5.56 Å². The molecule has 2 N–H and O–H groups in total. The zero-order valence-electron chi connectivity index (χ0n) is 11.8. The molecule has 1 amide bonds. The Bertz CT molecular complexity index is 994. The Balaban J connectivity index is 2.07. The number of rotatable bonds is 2. The fraction of sp³-hybridized carbons (Fsp3) is 0.0667. The maximum atomic E-state index is 13.2. The molecule has 0 saturated carbocycles. The van der Waals surface area contributed by atoms with Crippen molar-refractivity contribution in [1.29, 1.82) is 0 Å². The predicted octanol–water partition coefficient (Wildman–Crippen LogP) is 2.84. The molecule has 0 aliphatic carbocycles. The summed E-state index contributed by atoms with van der Waals surface area (Å²) in [6.45, 7) is 0. The Morgan fingerprint density at radius 1 is 1.26 bits per heavy atom. The quantitative estimate of drug-likeness (QED) is 0.756. The van der Waals surface area contributed by atoms with Gasteiger partial charge in [-0.05, 0) is 23.6 Å². The summed E-state index contributed by atoms with van der Waals surface area (Å²) in [6, 6.07) is 4.45. The highest BCUT2D eigenvalue weighted by Crippen LogP contribution is 2.31. The molecule has 118 valence electrons. The van der Waals surface area contributed by atoms with Gasteiger partial charge in [0.15, 0.2) is 17.4 Å². The van der Waals surface area contributed by atoms with Gasteiger partial charge in [0.05, 0.1) is 10.2 Å². The summed E-state index contributed by atoms with van der Waals surface area (Å²) < 4.78 is 27.7. The van der Waals surface area contributed by atoms with Crippen molar-refractivity contribution in [3.05, 3.63) is 57.2 Å². The third-order valence-electron chi connectivity index (χ3n) is 3.38. The van der Waals surface area contributed by atoms with Crippen molar-refractivity contribution in [2.24, 2.45) is 7.05 Å². The number of nitrogens with one attached hydrogen (secondary N) is 1. The maximum absolute atomic E-state index is 13.2. The number of hydrogen-bond acceptors (Lipinski definition) is 4. The van der Waals surface area contributed by atoms with Crippen LogP contribution in [0.15, 0.2) is 34.4 Å². The third kappa shape index (κ3) is 2.46. The fourth-order valence-electron chi connectivity index (χ4n) is 2.21. The van der Waals surface area contributed by atoms with Gasteiger partial charge in [0.25, 0.3) is 11.5 Å². The number of fused-ring (bicyclic) bond motifs is 1. The number of carbonyl (C=O) groups is 1. The molecule has 2 aromatic heterocycles. The van der Waals surface area contributed by atoms with E-state index < -0.39 is 34.4 Å². The van der Waals surface area contributed by atoms with E-state index in [-0.39, 0.29) is 5.69 Å². The lowest BCUT2D eigenvalue weighted by molar-refractivity contribution is 0.102. The second kappa shape index (κ2) is 5.47. The van der Waals surface area contributed by atoms with Gasteiger partial charge in [0, 0.05) is 18.8 Å². The summed E-state index contributed by atoms with van der Waals surface area (Å²) in [7, 11) is 1.48. The summed E-state index contributed by atoms with van der Waals surface area (Å²) in [5.74, 6) is -3.52. The molecule has 0 bridgehead atoms. The van der Waals surface area contributed by atoms with Gasteiger partial charge < -0.3 is 15.0 Å². The van der Waals surface area contributed by atoms with Crippen molar-refractivity contribution in [2.45, 2.75) is 0 Å².